The van der Waals surface area contributed by atoms with Crippen LogP contribution in [0.4, 0.5) is 0 Å². The fourth-order valence-corrected chi connectivity index (χ4v) is 2.31. The van der Waals surface area contributed by atoms with E-state index in [4.69, 9.17) is 16.3 Å². The Balaban J connectivity index is 2.30. The number of aromatic nitrogens is 4. The van der Waals surface area contributed by atoms with Crippen molar-refractivity contribution in [2.45, 2.75) is 25.9 Å². The lowest BCUT2D eigenvalue weighted by Crippen LogP contribution is -2.27. The maximum atomic E-state index is 6.31. The molecule has 0 aliphatic carbocycles. The summed E-state index contributed by atoms with van der Waals surface area (Å²) in [5.41, 5.74) is 0.909. The molecule has 110 valence electrons. The fourth-order valence-electron chi connectivity index (χ4n) is 2.06. The highest BCUT2D eigenvalue weighted by atomic mass is 35.5. The minimum absolute atomic E-state index is 0.100. The van der Waals surface area contributed by atoms with Crippen molar-refractivity contribution in [3.05, 3.63) is 35.1 Å². The van der Waals surface area contributed by atoms with Crippen LogP contribution in [0.15, 0.2) is 18.6 Å². The summed E-state index contributed by atoms with van der Waals surface area (Å²) in [6.45, 7) is 4.24. The van der Waals surface area contributed by atoms with E-state index in [1.54, 1.807) is 25.7 Å². The van der Waals surface area contributed by atoms with Crippen LogP contribution in [0.1, 0.15) is 30.9 Å². The summed E-state index contributed by atoms with van der Waals surface area (Å²) < 4.78 is 6.98. The second-order valence-electron chi connectivity index (χ2n) is 4.46. The highest BCUT2D eigenvalue weighted by Crippen LogP contribution is 2.26. The quantitative estimate of drug-likeness (QED) is 0.782. The maximum Gasteiger partial charge on any atom is 0.129 e. The van der Waals surface area contributed by atoms with E-state index in [0.717, 1.165) is 24.5 Å². The van der Waals surface area contributed by atoms with E-state index in [1.807, 2.05) is 4.68 Å². The zero-order chi connectivity index (χ0) is 14.4. The van der Waals surface area contributed by atoms with Crippen LogP contribution in [0.2, 0.25) is 5.02 Å². The van der Waals surface area contributed by atoms with Crippen molar-refractivity contribution in [2.75, 3.05) is 20.3 Å². The normalized spacial score (nSPS) is 12.8. The lowest BCUT2D eigenvalue weighted by molar-refractivity contribution is 0.182. The zero-order valence-corrected chi connectivity index (χ0v) is 12.5. The number of methoxy groups -OCH3 is 1. The molecule has 2 N–H and O–H groups in total. The van der Waals surface area contributed by atoms with Gasteiger partial charge in [0.25, 0.3) is 0 Å². The number of hydrogen-bond donors (Lipinski definition) is 2. The number of hydrogen-bond acceptors (Lipinski definition) is 4. The third-order valence-corrected chi connectivity index (χ3v) is 3.30. The van der Waals surface area contributed by atoms with Crippen molar-refractivity contribution < 1.29 is 4.74 Å². The van der Waals surface area contributed by atoms with Gasteiger partial charge in [-0.2, -0.15) is 5.10 Å². The molecule has 2 rings (SSSR count). The Kier molecular flexibility index (Phi) is 5.58. The van der Waals surface area contributed by atoms with Crippen molar-refractivity contribution in [3.63, 3.8) is 0 Å². The molecule has 0 bridgehead atoms. The highest BCUT2D eigenvalue weighted by Gasteiger charge is 2.23. The summed E-state index contributed by atoms with van der Waals surface area (Å²) in [6, 6.07) is -0.100. The molecule has 2 aromatic rings. The summed E-state index contributed by atoms with van der Waals surface area (Å²) >= 11 is 6.31. The van der Waals surface area contributed by atoms with Gasteiger partial charge >= 0.3 is 0 Å². The summed E-state index contributed by atoms with van der Waals surface area (Å²) in [5.74, 6) is 0.833. The molecule has 6 nitrogen and oxygen atoms in total. The summed E-state index contributed by atoms with van der Waals surface area (Å²) in [4.78, 5) is 7.48. The van der Waals surface area contributed by atoms with Gasteiger partial charge in [0.05, 0.1) is 30.1 Å². The Bertz CT molecular complexity index is 511. The van der Waals surface area contributed by atoms with Crippen molar-refractivity contribution in [2.24, 2.45) is 0 Å². The van der Waals surface area contributed by atoms with E-state index in [0.29, 0.717) is 18.2 Å². The molecule has 7 heteroatoms. The van der Waals surface area contributed by atoms with E-state index in [1.165, 1.54) is 0 Å². The lowest BCUT2D eigenvalue weighted by Gasteiger charge is -2.18. The van der Waals surface area contributed by atoms with E-state index in [9.17, 15) is 0 Å². The molecule has 0 amide bonds. The summed E-state index contributed by atoms with van der Waals surface area (Å²) in [6.07, 6.45) is 6.23. The molecular formula is C13H20ClN5O. The van der Waals surface area contributed by atoms with Crippen LogP contribution >= 0.6 is 11.6 Å². The maximum absolute atomic E-state index is 6.31. The van der Waals surface area contributed by atoms with Crippen molar-refractivity contribution in [1.82, 2.24) is 25.1 Å². The smallest absolute Gasteiger partial charge is 0.129 e. The average molecular weight is 298 g/mol. The number of imidazole rings is 1. The number of rotatable bonds is 8. The molecule has 1 unspecified atom stereocenters. The van der Waals surface area contributed by atoms with Gasteiger partial charge in [0.2, 0.25) is 0 Å². The van der Waals surface area contributed by atoms with Gasteiger partial charge in [0, 0.05) is 19.5 Å². The molecule has 0 saturated carbocycles. The molecule has 0 saturated heterocycles. The van der Waals surface area contributed by atoms with Crippen molar-refractivity contribution in [3.8, 4) is 0 Å². The number of H-pyrrole nitrogens is 1. The minimum atomic E-state index is -0.100. The molecule has 0 spiro atoms. The number of aromatic amines is 1. The van der Waals surface area contributed by atoms with Crippen LogP contribution in [-0.2, 0) is 11.3 Å². The van der Waals surface area contributed by atoms with Gasteiger partial charge in [-0.25, -0.2) is 4.98 Å². The standard InChI is InChI=1S/C13H20ClN5O/c1-3-4-15-11(13-16-5-6-17-13)12-10(14)9-18-19(12)7-8-20-2/h5-6,9,11,15H,3-4,7-8H2,1-2H3,(H,16,17). The largest absolute Gasteiger partial charge is 0.383 e. The Morgan fingerprint density at radius 3 is 3.05 bits per heavy atom. The Hall–Kier alpha value is -1.37. The number of nitrogens with one attached hydrogen (secondary N) is 2. The van der Waals surface area contributed by atoms with Gasteiger partial charge in [-0.1, -0.05) is 18.5 Å². The molecule has 2 heterocycles. The molecule has 0 fully saturated rings. The van der Waals surface area contributed by atoms with Gasteiger partial charge < -0.3 is 15.0 Å². The van der Waals surface area contributed by atoms with Gasteiger partial charge in [-0.05, 0) is 13.0 Å². The predicted molar refractivity (Wildman–Crippen MR) is 77.8 cm³/mol. The molecule has 0 aliphatic heterocycles. The van der Waals surface area contributed by atoms with E-state index in [-0.39, 0.29) is 6.04 Å². The zero-order valence-electron chi connectivity index (χ0n) is 11.8. The third-order valence-electron chi connectivity index (χ3n) is 3.01. The molecule has 0 radical (unpaired) electrons. The highest BCUT2D eigenvalue weighted by molar-refractivity contribution is 6.31. The second-order valence-corrected chi connectivity index (χ2v) is 4.86. The molecule has 20 heavy (non-hydrogen) atoms. The fraction of sp³-hybridized carbons (Fsp3) is 0.538. The Labute approximate surface area is 123 Å². The summed E-state index contributed by atoms with van der Waals surface area (Å²) in [7, 11) is 1.67. The second kappa shape index (κ2) is 7.42. The van der Waals surface area contributed by atoms with Crippen molar-refractivity contribution in [1.29, 1.82) is 0 Å². The van der Waals surface area contributed by atoms with Crippen LogP contribution in [0.3, 0.4) is 0 Å². The Morgan fingerprint density at radius 2 is 2.40 bits per heavy atom. The first-order valence-electron chi connectivity index (χ1n) is 6.70. The summed E-state index contributed by atoms with van der Waals surface area (Å²) in [5, 5.41) is 8.40. The first kappa shape index (κ1) is 15.0. The first-order valence-corrected chi connectivity index (χ1v) is 7.08. The van der Waals surface area contributed by atoms with Gasteiger partial charge in [0.1, 0.15) is 11.9 Å². The molecule has 0 aromatic carbocycles. The molecule has 1 atom stereocenters. The van der Waals surface area contributed by atoms with E-state index in [2.05, 4.69) is 27.3 Å². The molecular weight excluding hydrogens is 278 g/mol. The van der Waals surface area contributed by atoms with E-state index < -0.39 is 0 Å². The van der Waals surface area contributed by atoms with E-state index >= 15 is 0 Å². The number of nitrogens with zero attached hydrogens (tertiary/aromatic N) is 3. The average Bonchev–Trinajstić information content (AvgIpc) is 3.09. The van der Waals surface area contributed by atoms with Crippen molar-refractivity contribution >= 4 is 11.6 Å². The first-order chi connectivity index (χ1) is 9.77. The topological polar surface area (TPSA) is 67.8 Å². The predicted octanol–water partition coefficient (Wildman–Crippen LogP) is 1.99. The lowest BCUT2D eigenvalue weighted by atomic mass is 10.2. The monoisotopic (exact) mass is 297 g/mol. The van der Waals surface area contributed by atoms with Gasteiger partial charge in [-0.15, -0.1) is 0 Å². The van der Waals surface area contributed by atoms with Crippen LogP contribution in [0.25, 0.3) is 0 Å². The van der Waals surface area contributed by atoms with Crippen LogP contribution < -0.4 is 5.32 Å². The van der Waals surface area contributed by atoms with Crippen LogP contribution in [-0.4, -0.2) is 40.0 Å². The minimum Gasteiger partial charge on any atom is -0.383 e. The van der Waals surface area contributed by atoms with Crippen LogP contribution in [0.5, 0.6) is 0 Å². The van der Waals surface area contributed by atoms with Gasteiger partial charge in [0.15, 0.2) is 0 Å². The Morgan fingerprint density at radius 1 is 1.55 bits per heavy atom. The molecule has 0 aliphatic rings. The molecule has 2 aromatic heterocycles. The third kappa shape index (κ3) is 3.39. The van der Waals surface area contributed by atoms with Crippen LogP contribution in [0, 0.1) is 0 Å². The SMILES string of the molecule is CCCNC(c1ncc[nH]1)c1c(Cl)cnn1CCOC. The number of ether oxygens (including phenoxy) is 1. The number of halogens is 1. The van der Waals surface area contributed by atoms with Gasteiger partial charge in [-0.3, -0.25) is 4.68 Å².